The van der Waals surface area contributed by atoms with Gasteiger partial charge in [-0.05, 0) is 19.4 Å². The van der Waals surface area contributed by atoms with Gasteiger partial charge in [-0.2, -0.15) is 0 Å². The van der Waals surface area contributed by atoms with E-state index in [1.807, 2.05) is 0 Å². The third kappa shape index (κ3) is 3.49. The van der Waals surface area contributed by atoms with Crippen molar-refractivity contribution in [1.29, 1.82) is 0 Å². The minimum absolute atomic E-state index is 0. The summed E-state index contributed by atoms with van der Waals surface area (Å²) in [6.45, 7) is 5.09. The van der Waals surface area contributed by atoms with Gasteiger partial charge in [-0.15, -0.1) is 12.4 Å². The molecule has 2 nitrogen and oxygen atoms in total. The van der Waals surface area contributed by atoms with Gasteiger partial charge in [-0.1, -0.05) is 29.8 Å². The van der Waals surface area contributed by atoms with E-state index in [1.54, 1.807) is 0 Å². The van der Waals surface area contributed by atoms with Crippen LogP contribution in [0.15, 0.2) is 24.3 Å². The number of halogens is 1. The molecule has 1 aromatic rings. The molecule has 0 aromatic heterocycles. The Morgan fingerprint density at radius 2 is 2.00 bits per heavy atom. The molecule has 0 bridgehead atoms. The summed E-state index contributed by atoms with van der Waals surface area (Å²) in [6, 6.07) is 9.12. The zero-order chi connectivity index (χ0) is 9.97. The lowest BCUT2D eigenvalue weighted by Gasteiger charge is -2.10. The number of ether oxygens (including phenoxy) is 1. The molecule has 1 N–H and O–H groups in total. The van der Waals surface area contributed by atoms with Gasteiger partial charge in [0.15, 0.2) is 0 Å². The van der Waals surface area contributed by atoms with Gasteiger partial charge < -0.3 is 4.74 Å². The standard InChI is InChI=1S/C12H17NO.ClH/c1-9-3-5-11(6-4-9)7-12-13-10(2)8-14-12;/h3-6,10,12-13H,7-8H2,1-2H3;1H. The predicted octanol–water partition coefficient (Wildman–Crippen LogP) is 2.29. The van der Waals surface area contributed by atoms with Crippen LogP contribution in [-0.4, -0.2) is 18.9 Å². The van der Waals surface area contributed by atoms with Crippen LogP contribution in [-0.2, 0) is 11.2 Å². The van der Waals surface area contributed by atoms with Gasteiger partial charge in [0.25, 0.3) is 0 Å². The Morgan fingerprint density at radius 1 is 1.33 bits per heavy atom. The maximum Gasteiger partial charge on any atom is 0.112 e. The number of hydrogen-bond acceptors (Lipinski definition) is 2. The summed E-state index contributed by atoms with van der Waals surface area (Å²) in [6.07, 6.45) is 1.16. The van der Waals surface area contributed by atoms with Gasteiger partial charge >= 0.3 is 0 Å². The molecule has 0 saturated carbocycles. The van der Waals surface area contributed by atoms with E-state index in [-0.39, 0.29) is 18.6 Å². The molecule has 1 aromatic carbocycles. The summed E-state index contributed by atoms with van der Waals surface area (Å²) in [5.74, 6) is 0. The number of benzene rings is 1. The van der Waals surface area contributed by atoms with Crippen LogP contribution in [0, 0.1) is 6.92 Å². The summed E-state index contributed by atoms with van der Waals surface area (Å²) >= 11 is 0. The van der Waals surface area contributed by atoms with Gasteiger partial charge in [-0.3, -0.25) is 5.32 Å². The van der Waals surface area contributed by atoms with Crippen molar-refractivity contribution in [3.63, 3.8) is 0 Å². The minimum atomic E-state index is 0. The maximum absolute atomic E-state index is 5.59. The summed E-state index contributed by atoms with van der Waals surface area (Å²) < 4.78 is 5.59. The third-order valence-corrected chi connectivity index (χ3v) is 2.56. The van der Waals surface area contributed by atoms with Gasteiger partial charge in [0, 0.05) is 12.5 Å². The highest BCUT2D eigenvalue weighted by atomic mass is 35.5. The van der Waals surface area contributed by atoms with Crippen LogP contribution in [0.5, 0.6) is 0 Å². The molecule has 2 rings (SSSR count). The highest BCUT2D eigenvalue weighted by molar-refractivity contribution is 5.85. The van der Waals surface area contributed by atoms with E-state index in [4.69, 9.17) is 4.74 Å². The zero-order valence-electron chi connectivity index (χ0n) is 9.19. The summed E-state index contributed by atoms with van der Waals surface area (Å²) in [5.41, 5.74) is 2.64. The van der Waals surface area contributed by atoms with Crippen LogP contribution >= 0.6 is 12.4 Å². The Morgan fingerprint density at radius 3 is 2.53 bits per heavy atom. The van der Waals surface area contributed by atoms with Crippen molar-refractivity contribution in [3.05, 3.63) is 35.4 Å². The molecule has 2 unspecified atom stereocenters. The molecule has 3 heteroatoms. The van der Waals surface area contributed by atoms with E-state index in [0.29, 0.717) is 6.04 Å². The Kier molecular flexibility index (Phi) is 4.58. The largest absolute Gasteiger partial charge is 0.361 e. The molecular weight excluding hydrogens is 210 g/mol. The Hall–Kier alpha value is -0.570. The van der Waals surface area contributed by atoms with Crippen LogP contribution in [0.4, 0.5) is 0 Å². The van der Waals surface area contributed by atoms with Crippen LogP contribution in [0.2, 0.25) is 0 Å². The maximum atomic E-state index is 5.59. The van der Waals surface area contributed by atoms with Crippen molar-refractivity contribution in [2.24, 2.45) is 0 Å². The SMILES string of the molecule is Cc1ccc(CC2NC(C)CO2)cc1.Cl. The average molecular weight is 228 g/mol. The normalized spacial score (nSPS) is 24.9. The van der Waals surface area contributed by atoms with E-state index in [9.17, 15) is 0 Å². The lowest BCUT2D eigenvalue weighted by atomic mass is 10.1. The second-order valence-corrected chi connectivity index (χ2v) is 4.08. The zero-order valence-corrected chi connectivity index (χ0v) is 10.0. The summed E-state index contributed by atoms with van der Waals surface area (Å²) in [7, 11) is 0. The van der Waals surface area contributed by atoms with Crippen molar-refractivity contribution < 1.29 is 4.74 Å². The molecule has 1 fully saturated rings. The molecule has 1 heterocycles. The van der Waals surface area contributed by atoms with Crippen molar-refractivity contribution in [2.75, 3.05) is 6.61 Å². The van der Waals surface area contributed by atoms with E-state index < -0.39 is 0 Å². The van der Waals surface area contributed by atoms with E-state index in [1.165, 1.54) is 11.1 Å². The van der Waals surface area contributed by atoms with E-state index in [2.05, 4.69) is 43.4 Å². The number of hydrogen-bond donors (Lipinski definition) is 1. The number of aryl methyl sites for hydroxylation is 1. The van der Waals surface area contributed by atoms with Crippen molar-refractivity contribution >= 4 is 12.4 Å². The molecule has 15 heavy (non-hydrogen) atoms. The highest BCUT2D eigenvalue weighted by Gasteiger charge is 2.20. The van der Waals surface area contributed by atoms with Crippen molar-refractivity contribution in [3.8, 4) is 0 Å². The molecule has 0 spiro atoms. The fourth-order valence-corrected chi connectivity index (χ4v) is 1.73. The molecule has 1 saturated heterocycles. The first-order valence-electron chi connectivity index (χ1n) is 5.17. The van der Waals surface area contributed by atoms with Gasteiger partial charge in [0.05, 0.1) is 6.61 Å². The topological polar surface area (TPSA) is 21.3 Å². The Balaban J connectivity index is 0.00000112. The molecule has 1 aliphatic heterocycles. The van der Waals surface area contributed by atoms with Crippen molar-refractivity contribution in [1.82, 2.24) is 5.32 Å². The number of nitrogens with one attached hydrogen (secondary N) is 1. The van der Waals surface area contributed by atoms with Gasteiger partial charge in [0.1, 0.15) is 6.23 Å². The monoisotopic (exact) mass is 227 g/mol. The molecule has 1 aliphatic rings. The van der Waals surface area contributed by atoms with Crippen LogP contribution in [0.3, 0.4) is 0 Å². The van der Waals surface area contributed by atoms with E-state index >= 15 is 0 Å². The van der Waals surface area contributed by atoms with E-state index in [0.717, 1.165) is 13.0 Å². The lowest BCUT2D eigenvalue weighted by Crippen LogP contribution is -2.29. The van der Waals surface area contributed by atoms with Crippen molar-refractivity contribution in [2.45, 2.75) is 32.5 Å². The van der Waals surface area contributed by atoms with Crippen LogP contribution in [0.1, 0.15) is 18.1 Å². The molecule has 0 radical (unpaired) electrons. The summed E-state index contributed by atoms with van der Waals surface area (Å²) in [5, 5.41) is 3.39. The molecule has 0 aliphatic carbocycles. The first-order chi connectivity index (χ1) is 6.74. The molecule has 84 valence electrons. The average Bonchev–Trinajstić information content (AvgIpc) is 2.56. The van der Waals surface area contributed by atoms with Gasteiger partial charge in [0.2, 0.25) is 0 Å². The fraction of sp³-hybridized carbons (Fsp3) is 0.500. The second kappa shape index (κ2) is 5.50. The molecular formula is C12H18ClNO. The smallest absolute Gasteiger partial charge is 0.112 e. The van der Waals surface area contributed by atoms with Crippen LogP contribution in [0.25, 0.3) is 0 Å². The minimum Gasteiger partial charge on any atom is -0.361 e. The Bertz CT molecular complexity index is 299. The second-order valence-electron chi connectivity index (χ2n) is 4.08. The fourth-order valence-electron chi connectivity index (χ4n) is 1.73. The predicted molar refractivity (Wildman–Crippen MR) is 64.5 cm³/mol. The summed E-state index contributed by atoms with van der Waals surface area (Å²) in [4.78, 5) is 0. The molecule has 0 amide bonds. The number of rotatable bonds is 2. The highest BCUT2D eigenvalue weighted by Crippen LogP contribution is 2.10. The first kappa shape index (κ1) is 12.5. The Labute approximate surface area is 97.4 Å². The van der Waals surface area contributed by atoms with Gasteiger partial charge in [-0.25, -0.2) is 0 Å². The quantitative estimate of drug-likeness (QED) is 0.837. The lowest BCUT2D eigenvalue weighted by molar-refractivity contribution is 0.101. The third-order valence-electron chi connectivity index (χ3n) is 2.56. The molecule has 2 atom stereocenters. The van der Waals surface area contributed by atoms with Crippen LogP contribution < -0.4 is 5.32 Å². The first-order valence-corrected chi connectivity index (χ1v) is 5.17.